The van der Waals surface area contributed by atoms with Gasteiger partial charge >= 0.3 is 5.97 Å². The number of esters is 1. The van der Waals surface area contributed by atoms with Crippen LogP contribution in [0.25, 0.3) is 0 Å². The summed E-state index contributed by atoms with van der Waals surface area (Å²) in [4.78, 5) is 19.3. The Hall–Kier alpha value is -1.32. The molecule has 90 valence electrons. The fourth-order valence-corrected chi connectivity index (χ4v) is 1.62. The molecule has 0 radical (unpaired) electrons. The van der Waals surface area contributed by atoms with Gasteiger partial charge in [0.15, 0.2) is 0 Å². The zero-order valence-corrected chi connectivity index (χ0v) is 10.7. The SMILES string of the molecule is CCCc1nc(C(C)(C)C(=O)OC)[nH]c1C. The molecule has 16 heavy (non-hydrogen) atoms. The van der Waals surface area contributed by atoms with Crippen LogP contribution in [0.2, 0.25) is 0 Å². The fraction of sp³-hybridized carbons (Fsp3) is 0.667. The normalized spacial score (nSPS) is 11.6. The second kappa shape index (κ2) is 4.68. The third-order valence-electron chi connectivity index (χ3n) is 2.76. The molecule has 1 rings (SSSR count). The van der Waals surface area contributed by atoms with Crippen LogP contribution in [-0.2, 0) is 21.4 Å². The number of hydrogen-bond donors (Lipinski definition) is 1. The fourth-order valence-electron chi connectivity index (χ4n) is 1.62. The van der Waals surface area contributed by atoms with E-state index in [1.807, 2.05) is 20.8 Å². The van der Waals surface area contributed by atoms with Gasteiger partial charge in [0.2, 0.25) is 0 Å². The summed E-state index contributed by atoms with van der Waals surface area (Å²) in [6.45, 7) is 7.72. The molecular weight excluding hydrogens is 204 g/mol. The van der Waals surface area contributed by atoms with Crippen LogP contribution in [0, 0.1) is 6.92 Å². The summed E-state index contributed by atoms with van der Waals surface area (Å²) in [6, 6.07) is 0. The summed E-state index contributed by atoms with van der Waals surface area (Å²) in [5, 5.41) is 0. The molecule has 0 bridgehead atoms. The predicted octanol–water partition coefficient (Wildman–Crippen LogP) is 2.12. The number of rotatable bonds is 4. The maximum atomic E-state index is 11.6. The number of aryl methyl sites for hydroxylation is 2. The van der Waals surface area contributed by atoms with E-state index in [0.29, 0.717) is 5.82 Å². The molecule has 0 saturated carbocycles. The van der Waals surface area contributed by atoms with Crippen molar-refractivity contribution >= 4 is 5.97 Å². The molecule has 0 unspecified atom stereocenters. The Balaban J connectivity index is 3.04. The van der Waals surface area contributed by atoms with Crippen molar-refractivity contribution in [2.24, 2.45) is 0 Å². The molecule has 4 nitrogen and oxygen atoms in total. The van der Waals surface area contributed by atoms with Crippen molar-refractivity contribution in [3.8, 4) is 0 Å². The van der Waals surface area contributed by atoms with Crippen molar-refractivity contribution in [1.82, 2.24) is 9.97 Å². The number of aromatic nitrogens is 2. The lowest BCUT2D eigenvalue weighted by atomic mass is 9.93. The minimum Gasteiger partial charge on any atom is -0.468 e. The Morgan fingerprint density at radius 1 is 1.50 bits per heavy atom. The molecule has 0 saturated heterocycles. The first kappa shape index (κ1) is 12.7. The summed E-state index contributed by atoms with van der Waals surface area (Å²) >= 11 is 0. The first-order valence-electron chi connectivity index (χ1n) is 5.57. The van der Waals surface area contributed by atoms with E-state index in [2.05, 4.69) is 16.9 Å². The Labute approximate surface area is 96.4 Å². The molecule has 1 N–H and O–H groups in total. The topological polar surface area (TPSA) is 55.0 Å². The highest BCUT2D eigenvalue weighted by Gasteiger charge is 2.34. The highest BCUT2D eigenvalue weighted by Crippen LogP contribution is 2.23. The quantitative estimate of drug-likeness (QED) is 0.797. The van der Waals surface area contributed by atoms with Crippen LogP contribution in [0.5, 0.6) is 0 Å². The van der Waals surface area contributed by atoms with Gasteiger partial charge in [0.05, 0.1) is 12.8 Å². The number of nitrogens with one attached hydrogen (secondary N) is 1. The summed E-state index contributed by atoms with van der Waals surface area (Å²) in [7, 11) is 1.40. The van der Waals surface area contributed by atoms with Crippen LogP contribution < -0.4 is 0 Å². The number of carbonyl (C=O) groups is 1. The van der Waals surface area contributed by atoms with Gasteiger partial charge in [0, 0.05) is 5.69 Å². The summed E-state index contributed by atoms with van der Waals surface area (Å²) in [5.41, 5.74) is 1.36. The smallest absolute Gasteiger partial charge is 0.318 e. The predicted molar refractivity (Wildman–Crippen MR) is 62.4 cm³/mol. The van der Waals surface area contributed by atoms with E-state index in [1.165, 1.54) is 7.11 Å². The van der Waals surface area contributed by atoms with Crippen LogP contribution in [0.15, 0.2) is 0 Å². The molecule has 1 aromatic rings. The summed E-state index contributed by atoms with van der Waals surface area (Å²) in [5.74, 6) is 0.407. The Morgan fingerprint density at radius 2 is 2.12 bits per heavy atom. The Morgan fingerprint density at radius 3 is 2.62 bits per heavy atom. The van der Waals surface area contributed by atoms with Crippen molar-refractivity contribution in [3.05, 3.63) is 17.2 Å². The number of imidazole rings is 1. The van der Waals surface area contributed by atoms with Gasteiger partial charge in [0.25, 0.3) is 0 Å². The zero-order chi connectivity index (χ0) is 12.3. The lowest BCUT2D eigenvalue weighted by Gasteiger charge is -2.18. The number of ether oxygens (including phenoxy) is 1. The van der Waals surface area contributed by atoms with Crippen LogP contribution in [0.4, 0.5) is 0 Å². The molecule has 0 aliphatic rings. The molecule has 1 heterocycles. The van der Waals surface area contributed by atoms with Gasteiger partial charge in [-0.3, -0.25) is 4.79 Å². The molecule has 0 aromatic carbocycles. The van der Waals surface area contributed by atoms with Crippen molar-refractivity contribution in [2.45, 2.75) is 46.0 Å². The van der Waals surface area contributed by atoms with E-state index in [0.717, 1.165) is 24.2 Å². The van der Waals surface area contributed by atoms with Gasteiger partial charge in [-0.05, 0) is 27.2 Å². The van der Waals surface area contributed by atoms with E-state index in [-0.39, 0.29) is 5.97 Å². The van der Waals surface area contributed by atoms with Gasteiger partial charge in [-0.2, -0.15) is 0 Å². The van der Waals surface area contributed by atoms with Gasteiger partial charge < -0.3 is 9.72 Å². The monoisotopic (exact) mass is 224 g/mol. The highest BCUT2D eigenvalue weighted by molar-refractivity contribution is 5.80. The number of carbonyl (C=O) groups excluding carboxylic acids is 1. The van der Waals surface area contributed by atoms with E-state index < -0.39 is 5.41 Å². The van der Waals surface area contributed by atoms with Gasteiger partial charge in [-0.25, -0.2) is 4.98 Å². The lowest BCUT2D eigenvalue weighted by Crippen LogP contribution is -2.31. The average Bonchev–Trinajstić information content (AvgIpc) is 2.60. The lowest BCUT2D eigenvalue weighted by molar-refractivity contribution is -0.146. The number of H-pyrrole nitrogens is 1. The van der Waals surface area contributed by atoms with Crippen LogP contribution in [0.3, 0.4) is 0 Å². The molecule has 0 atom stereocenters. The number of hydrogen-bond acceptors (Lipinski definition) is 3. The van der Waals surface area contributed by atoms with Crippen molar-refractivity contribution < 1.29 is 9.53 Å². The summed E-state index contributed by atoms with van der Waals surface area (Å²) in [6.07, 6.45) is 1.98. The second-order valence-electron chi connectivity index (χ2n) is 4.52. The molecular formula is C12H20N2O2. The summed E-state index contributed by atoms with van der Waals surface area (Å²) < 4.78 is 4.78. The Kier molecular flexibility index (Phi) is 3.73. The third kappa shape index (κ3) is 2.26. The largest absolute Gasteiger partial charge is 0.468 e. The Bertz CT molecular complexity index is 380. The maximum Gasteiger partial charge on any atom is 0.318 e. The van der Waals surface area contributed by atoms with E-state index in [9.17, 15) is 4.79 Å². The molecule has 0 amide bonds. The van der Waals surface area contributed by atoms with Gasteiger partial charge in [0.1, 0.15) is 11.2 Å². The van der Waals surface area contributed by atoms with Crippen molar-refractivity contribution in [1.29, 1.82) is 0 Å². The molecule has 1 aromatic heterocycles. The molecule has 0 spiro atoms. The average molecular weight is 224 g/mol. The minimum absolute atomic E-state index is 0.274. The van der Waals surface area contributed by atoms with Crippen LogP contribution in [-0.4, -0.2) is 23.0 Å². The highest BCUT2D eigenvalue weighted by atomic mass is 16.5. The molecule has 4 heteroatoms. The van der Waals surface area contributed by atoms with Crippen LogP contribution >= 0.6 is 0 Å². The molecule has 0 aliphatic heterocycles. The number of nitrogens with zero attached hydrogens (tertiary/aromatic N) is 1. The van der Waals surface area contributed by atoms with Crippen molar-refractivity contribution in [3.63, 3.8) is 0 Å². The first-order valence-corrected chi connectivity index (χ1v) is 5.57. The molecule has 0 aliphatic carbocycles. The minimum atomic E-state index is -0.717. The third-order valence-corrected chi connectivity index (χ3v) is 2.76. The van der Waals surface area contributed by atoms with Crippen LogP contribution in [0.1, 0.15) is 44.4 Å². The number of methoxy groups -OCH3 is 1. The maximum absolute atomic E-state index is 11.6. The molecule has 0 fully saturated rings. The van der Waals surface area contributed by atoms with E-state index in [4.69, 9.17) is 4.74 Å². The van der Waals surface area contributed by atoms with E-state index >= 15 is 0 Å². The first-order chi connectivity index (χ1) is 7.43. The van der Waals surface area contributed by atoms with E-state index in [1.54, 1.807) is 0 Å². The van der Waals surface area contributed by atoms with Gasteiger partial charge in [-0.15, -0.1) is 0 Å². The van der Waals surface area contributed by atoms with Crippen molar-refractivity contribution in [2.75, 3.05) is 7.11 Å². The number of aromatic amines is 1. The van der Waals surface area contributed by atoms with Gasteiger partial charge in [-0.1, -0.05) is 13.3 Å². The zero-order valence-electron chi connectivity index (χ0n) is 10.7. The standard InChI is InChI=1S/C12H20N2O2/c1-6-7-9-8(2)13-10(14-9)12(3,4)11(15)16-5/h6-7H2,1-5H3,(H,13,14). The second-order valence-corrected chi connectivity index (χ2v) is 4.52.